The lowest BCUT2D eigenvalue weighted by atomic mass is 10.0. The molecule has 0 aliphatic rings. The van der Waals surface area contributed by atoms with Crippen LogP contribution in [0.25, 0.3) is 0 Å². The van der Waals surface area contributed by atoms with Gasteiger partial charge in [-0.05, 0) is 48.9 Å². The summed E-state index contributed by atoms with van der Waals surface area (Å²) in [5.41, 5.74) is 1.45. The van der Waals surface area contributed by atoms with E-state index in [4.69, 9.17) is 0 Å². The van der Waals surface area contributed by atoms with Gasteiger partial charge in [-0.2, -0.15) is 0 Å². The zero-order valence-electron chi connectivity index (χ0n) is 9.27. The Morgan fingerprint density at radius 3 is 2.35 bits per heavy atom. The predicted molar refractivity (Wildman–Crippen MR) is 62.7 cm³/mol. The van der Waals surface area contributed by atoms with Crippen LogP contribution in [-0.2, 0) is 0 Å². The molecule has 17 heavy (non-hydrogen) atoms. The van der Waals surface area contributed by atoms with E-state index in [0.29, 0.717) is 5.56 Å². The first-order valence-electron chi connectivity index (χ1n) is 5.18. The highest BCUT2D eigenvalue weighted by atomic mass is 19.1. The van der Waals surface area contributed by atoms with E-state index in [2.05, 4.69) is 0 Å². The minimum Gasteiger partial charge on any atom is -0.507 e. The fourth-order valence-electron chi connectivity index (χ4n) is 1.59. The molecule has 2 aromatic rings. The molecule has 0 unspecified atom stereocenters. The number of hydrogen-bond acceptors (Lipinski definition) is 2. The Morgan fingerprint density at radius 1 is 1.12 bits per heavy atom. The maximum absolute atomic E-state index is 12.7. The summed E-state index contributed by atoms with van der Waals surface area (Å²) in [5.74, 6) is -0.767. The molecule has 3 heteroatoms. The monoisotopic (exact) mass is 230 g/mol. The summed E-state index contributed by atoms with van der Waals surface area (Å²) in [6, 6.07) is 10.1. The van der Waals surface area contributed by atoms with Crippen molar-refractivity contribution in [3.05, 3.63) is 65.0 Å². The second-order valence-corrected chi connectivity index (χ2v) is 3.86. The van der Waals surface area contributed by atoms with E-state index in [9.17, 15) is 14.3 Å². The highest BCUT2D eigenvalue weighted by molar-refractivity contribution is 6.10. The molecule has 0 fully saturated rings. The van der Waals surface area contributed by atoms with Gasteiger partial charge in [0.2, 0.25) is 0 Å². The molecule has 2 aromatic carbocycles. The Kier molecular flexibility index (Phi) is 2.91. The lowest BCUT2D eigenvalue weighted by Gasteiger charge is -2.04. The summed E-state index contributed by atoms with van der Waals surface area (Å²) in [7, 11) is 0. The largest absolute Gasteiger partial charge is 0.507 e. The van der Waals surface area contributed by atoms with Crippen LogP contribution in [0.5, 0.6) is 5.75 Å². The van der Waals surface area contributed by atoms with Crippen molar-refractivity contribution in [2.75, 3.05) is 0 Å². The average Bonchev–Trinajstić information content (AvgIpc) is 2.29. The topological polar surface area (TPSA) is 37.3 Å². The normalized spacial score (nSPS) is 10.2. The number of benzene rings is 2. The number of halogens is 1. The Bertz CT molecular complexity index is 559. The summed E-state index contributed by atoms with van der Waals surface area (Å²) in [6.45, 7) is 1.83. The molecule has 0 spiro atoms. The smallest absolute Gasteiger partial charge is 0.196 e. The van der Waals surface area contributed by atoms with Gasteiger partial charge in [0.05, 0.1) is 5.56 Å². The van der Waals surface area contributed by atoms with Gasteiger partial charge in [0, 0.05) is 5.56 Å². The van der Waals surface area contributed by atoms with Crippen molar-refractivity contribution >= 4 is 5.78 Å². The van der Waals surface area contributed by atoms with Crippen molar-refractivity contribution in [1.82, 2.24) is 0 Å². The van der Waals surface area contributed by atoms with Crippen LogP contribution in [-0.4, -0.2) is 10.9 Å². The molecule has 0 bridgehead atoms. The van der Waals surface area contributed by atoms with Crippen LogP contribution in [0.1, 0.15) is 21.5 Å². The van der Waals surface area contributed by atoms with E-state index in [1.807, 2.05) is 6.92 Å². The van der Waals surface area contributed by atoms with E-state index < -0.39 is 5.82 Å². The first-order chi connectivity index (χ1) is 8.08. The standard InChI is InChI=1S/C14H11FO2/c1-9-2-7-12(13(16)8-9)14(17)10-3-5-11(15)6-4-10/h2-8,16H,1H3. The number of hydrogen-bond donors (Lipinski definition) is 1. The lowest BCUT2D eigenvalue weighted by Crippen LogP contribution is -2.01. The molecule has 0 aliphatic heterocycles. The molecule has 0 radical (unpaired) electrons. The SMILES string of the molecule is Cc1ccc(C(=O)c2ccc(F)cc2)c(O)c1. The van der Waals surface area contributed by atoms with Gasteiger partial charge in [0.25, 0.3) is 0 Å². The van der Waals surface area contributed by atoms with Crippen molar-refractivity contribution in [3.63, 3.8) is 0 Å². The number of aromatic hydroxyl groups is 1. The maximum Gasteiger partial charge on any atom is 0.196 e. The minimum absolute atomic E-state index is 0.0562. The van der Waals surface area contributed by atoms with E-state index in [1.165, 1.54) is 30.3 Å². The summed E-state index contributed by atoms with van der Waals surface area (Å²) < 4.78 is 12.7. The Labute approximate surface area is 98.3 Å². The van der Waals surface area contributed by atoms with Crippen molar-refractivity contribution < 1.29 is 14.3 Å². The first kappa shape index (κ1) is 11.3. The zero-order valence-corrected chi connectivity index (χ0v) is 9.27. The number of aryl methyl sites for hydroxylation is 1. The molecule has 2 nitrogen and oxygen atoms in total. The molecule has 0 heterocycles. The molecule has 0 saturated heterocycles. The van der Waals surface area contributed by atoms with E-state index in [-0.39, 0.29) is 17.1 Å². The summed E-state index contributed by atoms with van der Waals surface area (Å²) in [4.78, 5) is 12.0. The van der Waals surface area contributed by atoms with Crippen LogP contribution < -0.4 is 0 Å². The van der Waals surface area contributed by atoms with Gasteiger partial charge >= 0.3 is 0 Å². The van der Waals surface area contributed by atoms with Crippen molar-refractivity contribution in [1.29, 1.82) is 0 Å². The molecular formula is C14H11FO2. The number of carbonyl (C=O) groups excluding carboxylic acids is 1. The van der Waals surface area contributed by atoms with E-state index >= 15 is 0 Å². The Balaban J connectivity index is 2.40. The van der Waals surface area contributed by atoms with Gasteiger partial charge in [-0.1, -0.05) is 6.07 Å². The van der Waals surface area contributed by atoms with E-state index in [1.54, 1.807) is 12.1 Å². The highest BCUT2D eigenvalue weighted by Gasteiger charge is 2.13. The van der Waals surface area contributed by atoms with Gasteiger partial charge in [0.15, 0.2) is 5.78 Å². The fourth-order valence-corrected chi connectivity index (χ4v) is 1.59. The minimum atomic E-state index is -0.394. The van der Waals surface area contributed by atoms with Gasteiger partial charge in [-0.25, -0.2) is 4.39 Å². The molecule has 0 saturated carbocycles. The van der Waals surface area contributed by atoms with Crippen LogP contribution in [0.3, 0.4) is 0 Å². The average molecular weight is 230 g/mol. The Hall–Kier alpha value is -2.16. The third-order valence-corrected chi connectivity index (χ3v) is 2.50. The molecule has 0 atom stereocenters. The van der Waals surface area contributed by atoms with Crippen LogP contribution in [0.15, 0.2) is 42.5 Å². The third-order valence-electron chi connectivity index (χ3n) is 2.50. The second-order valence-electron chi connectivity index (χ2n) is 3.86. The van der Waals surface area contributed by atoms with Gasteiger partial charge in [-0.3, -0.25) is 4.79 Å². The molecule has 0 amide bonds. The third kappa shape index (κ3) is 2.33. The van der Waals surface area contributed by atoms with Crippen molar-refractivity contribution in [2.24, 2.45) is 0 Å². The van der Waals surface area contributed by atoms with Crippen LogP contribution in [0.4, 0.5) is 4.39 Å². The van der Waals surface area contributed by atoms with Gasteiger partial charge < -0.3 is 5.11 Å². The number of rotatable bonds is 2. The predicted octanol–water partition coefficient (Wildman–Crippen LogP) is 3.07. The van der Waals surface area contributed by atoms with Gasteiger partial charge in [-0.15, -0.1) is 0 Å². The number of phenolic OH excluding ortho intramolecular Hbond substituents is 1. The summed E-state index contributed by atoms with van der Waals surface area (Å²) in [6.07, 6.45) is 0. The molecule has 1 N–H and O–H groups in total. The number of carbonyl (C=O) groups is 1. The van der Waals surface area contributed by atoms with Crippen LogP contribution >= 0.6 is 0 Å². The van der Waals surface area contributed by atoms with E-state index in [0.717, 1.165) is 5.56 Å². The lowest BCUT2D eigenvalue weighted by molar-refractivity contribution is 0.103. The van der Waals surface area contributed by atoms with Crippen molar-refractivity contribution in [3.8, 4) is 5.75 Å². The molecule has 0 aromatic heterocycles. The molecule has 0 aliphatic carbocycles. The van der Waals surface area contributed by atoms with Gasteiger partial charge in [0.1, 0.15) is 11.6 Å². The molecule has 2 rings (SSSR count). The van der Waals surface area contributed by atoms with Crippen LogP contribution in [0, 0.1) is 12.7 Å². The summed E-state index contributed by atoms with van der Waals surface area (Å²) >= 11 is 0. The first-order valence-corrected chi connectivity index (χ1v) is 5.18. The van der Waals surface area contributed by atoms with Crippen molar-refractivity contribution in [2.45, 2.75) is 6.92 Å². The van der Waals surface area contributed by atoms with Crippen LogP contribution in [0.2, 0.25) is 0 Å². The number of ketones is 1. The quantitative estimate of drug-likeness (QED) is 0.805. The zero-order chi connectivity index (χ0) is 12.4. The summed E-state index contributed by atoms with van der Waals surface area (Å²) in [5, 5.41) is 9.68. The highest BCUT2D eigenvalue weighted by Crippen LogP contribution is 2.21. The molecule has 86 valence electrons. The number of phenols is 1. The molecular weight excluding hydrogens is 219 g/mol. The fraction of sp³-hybridized carbons (Fsp3) is 0.0714. The Morgan fingerprint density at radius 2 is 1.76 bits per heavy atom. The second kappa shape index (κ2) is 4.37. The maximum atomic E-state index is 12.7.